The predicted octanol–water partition coefficient (Wildman–Crippen LogP) is 3.66. The lowest BCUT2D eigenvalue weighted by atomic mass is 10.2. The molecule has 114 valence electrons. The molecule has 1 aliphatic rings. The fourth-order valence-corrected chi connectivity index (χ4v) is 3.35. The maximum absolute atomic E-state index is 12.0. The normalized spacial score (nSPS) is 13.0. The third-order valence-corrected chi connectivity index (χ3v) is 4.68. The van der Waals surface area contributed by atoms with Crippen molar-refractivity contribution in [2.45, 2.75) is 31.3 Å². The number of hydrogen-bond acceptors (Lipinski definition) is 4. The fraction of sp³-hybridized carbons (Fsp3) is 0.312. The van der Waals surface area contributed by atoms with Crippen molar-refractivity contribution in [3.05, 3.63) is 46.2 Å². The molecule has 1 amide bonds. The van der Waals surface area contributed by atoms with Gasteiger partial charge >= 0.3 is 0 Å². The van der Waals surface area contributed by atoms with E-state index in [9.17, 15) is 4.79 Å². The molecule has 1 N–H and O–H groups in total. The minimum atomic E-state index is -0.0749. The number of aromatic nitrogens is 2. The van der Waals surface area contributed by atoms with Gasteiger partial charge < -0.3 is 5.32 Å². The van der Waals surface area contributed by atoms with E-state index in [1.54, 1.807) is 24.3 Å². The van der Waals surface area contributed by atoms with Crippen LogP contribution in [0.5, 0.6) is 0 Å². The van der Waals surface area contributed by atoms with Crippen LogP contribution in [0.3, 0.4) is 0 Å². The summed E-state index contributed by atoms with van der Waals surface area (Å²) in [7, 11) is 0. The number of rotatable bonds is 4. The minimum absolute atomic E-state index is 0.0749. The molecule has 0 radical (unpaired) electrons. The van der Waals surface area contributed by atoms with Crippen molar-refractivity contribution in [2.75, 3.05) is 11.1 Å². The first-order valence-electron chi connectivity index (χ1n) is 7.16. The second-order valence-corrected chi connectivity index (χ2v) is 6.59. The van der Waals surface area contributed by atoms with E-state index >= 15 is 0 Å². The molecule has 0 atom stereocenters. The molecule has 0 saturated carbocycles. The standard InChI is InChI=1S/C16H16ClN3OS/c1-10-13-3-2-4-14(13)20-16(18-10)22-9-15(21)19-12-7-5-11(17)6-8-12/h5-8H,2-4,9H2,1H3,(H,19,21). The molecule has 1 aliphatic carbocycles. The molecular formula is C16H16ClN3OS. The molecule has 22 heavy (non-hydrogen) atoms. The first kappa shape index (κ1) is 15.3. The van der Waals surface area contributed by atoms with Gasteiger partial charge in [0.05, 0.1) is 5.75 Å². The smallest absolute Gasteiger partial charge is 0.234 e. The van der Waals surface area contributed by atoms with Crippen LogP contribution < -0.4 is 5.32 Å². The summed E-state index contributed by atoms with van der Waals surface area (Å²) in [6.45, 7) is 2.02. The lowest BCUT2D eigenvalue weighted by Gasteiger charge is -2.07. The molecule has 0 saturated heterocycles. The van der Waals surface area contributed by atoms with Crippen LogP contribution in [0.1, 0.15) is 23.4 Å². The number of hydrogen-bond donors (Lipinski definition) is 1. The van der Waals surface area contributed by atoms with E-state index in [2.05, 4.69) is 15.3 Å². The number of carbonyl (C=O) groups excluding carboxylic acids is 1. The van der Waals surface area contributed by atoms with Crippen LogP contribution in [-0.2, 0) is 17.6 Å². The summed E-state index contributed by atoms with van der Waals surface area (Å²) in [5.41, 5.74) is 4.22. The van der Waals surface area contributed by atoms with Crippen LogP contribution in [0.15, 0.2) is 29.4 Å². The molecule has 3 rings (SSSR count). The number of fused-ring (bicyclic) bond motifs is 1. The molecule has 0 bridgehead atoms. The Morgan fingerprint density at radius 3 is 2.82 bits per heavy atom. The van der Waals surface area contributed by atoms with Crippen LogP contribution in [-0.4, -0.2) is 21.6 Å². The predicted molar refractivity (Wildman–Crippen MR) is 89.6 cm³/mol. The Balaban J connectivity index is 1.59. The molecule has 0 fully saturated rings. The number of halogens is 1. The van der Waals surface area contributed by atoms with Gasteiger partial charge in [-0.25, -0.2) is 9.97 Å². The third-order valence-electron chi connectivity index (χ3n) is 3.58. The van der Waals surface area contributed by atoms with Crippen molar-refractivity contribution >= 4 is 35.0 Å². The highest BCUT2D eigenvalue weighted by atomic mass is 35.5. The zero-order valence-corrected chi connectivity index (χ0v) is 13.8. The summed E-state index contributed by atoms with van der Waals surface area (Å²) < 4.78 is 0. The molecule has 0 aliphatic heterocycles. The number of carbonyl (C=O) groups is 1. The van der Waals surface area contributed by atoms with Gasteiger partial charge in [-0.05, 0) is 56.0 Å². The lowest BCUT2D eigenvalue weighted by molar-refractivity contribution is -0.113. The second kappa shape index (κ2) is 6.67. The molecule has 0 unspecified atom stereocenters. The quantitative estimate of drug-likeness (QED) is 0.685. The zero-order chi connectivity index (χ0) is 15.5. The van der Waals surface area contributed by atoms with Gasteiger partial charge in [-0.15, -0.1) is 0 Å². The maximum atomic E-state index is 12.0. The molecule has 1 heterocycles. The van der Waals surface area contributed by atoms with Crippen molar-refractivity contribution in [3.63, 3.8) is 0 Å². The summed E-state index contributed by atoms with van der Waals surface area (Å²) in [6.07, 6.45) is 3.24. The van der Waals surface area contributed by atoms with Gasteiger partial charge in [-0.3, -0.25) is 4.79 Å². The van der Waals surface area contributed by atoms with Crippen molar-refractivity contribution in [2.24, 2.45) is 0 Å². The Morgan fingerprint density at radius 1 is 1.27 bits per heavy atom. The van der Waals surface area contributed by atoms with Crippen LogP contribution in [0.25, 0.3) is 0 Å². The Hall–Kier alpha value is -1.59. The summed E-state index contributed by atoms with van der Waals surface area (Å²) >= 11 is 7.19. The van der Waals surface area contributed by atoms with Crippen LogP contribution in [0.4, 0.5) is 5.69 Å². The number of anilines is 1. The largest absolute Gasteiger partial charge is 0.325 e. The lowest BCUT2D eigenvalue weighted by Crippen LogP contribution is -2.14. The van der Waals surface area contributed by atoms with Crippen LogP contribution in [0, 0.1) is 6.92 Å². The van der Waals surface area contributed by atoms with E-state index in [0.29, 0.717) is 15.9 Å². The van der Waals surface area contributed by atoms with Crippen molar-refractivity contribution < 1.29 is 4.79 Å². The Bertz CT molecular complexity index is 703. The summed E-state index contributed by atoms with van der Waals surface area (Å²) in [5.74, 6) is 0.218. The number of amides is 1. The number of thioether (sulfide) groups is 1. The molecule has 6 heteroatoms. The summed E-state index contributed by atoms with van der Waals surface area (Å²) in [6, 6.07) is 7.05. The minimum Gasteiger partial charge on any atom is -0.325 e. The SMILES string of the molecule is Cc1nc(SCC(=O)Nc2ccc(Cl)cc2)nc2c1CCC2. The Morgan fingerprint density at radius 2 is 2.05 bits per heavy atom. The number of aryl methyl sites for hydroxylation is 2. The second-order valence-electron chi connectivity index (χ2n) is 5.21. The maximum Gasteiger partial charge on any atom is 0.234 e. The highest BCUT2D eigenvalue weighted by Gasteiger charge is 2.17. The van der Waals surface area contributed by atoms with Gasteiger partial charge in [-0.2, -0.15) is 0 Å². The zero-order valence-electron chi connectivity index (χ0n) is 12.2. The fourth-order valence-electron chi connectivity index (χ4n) is 2.52. The Kier molecular flexibility index (Phi) is 4.64. The Labute approximate surface area is 138 Å². The van der Waals surface area contributed by atoms with Gasteiger partial charge in [0.25, 0.3) is 0 Å². The average molecular weight is 334 g/mol. The van der Waals surface area contributed by atoms with Gasteiger partial charge in [0.15, 0.2) is 5.16 Å². The first-order valence-corrected chi connectivity index (χ1v) is 8.53. The summed E-state index contributed by atoms with van der Waals surface area (Å²) in [5, 5.41) is 4.16. The molecular weight excluding hydrogens is 318 g/mol. The van der Waals surface area contributed by atoms with E-state index in [1.165, 1.54) is 17.3 Å². The van der Waals surface area contributed by atoms with Crippen molar-refractivity contribution in [1.29, 1.82) is 0 Å². The van der Waals surface area contributed by atoms with E-state index in [4.69, 9.17) is 11.6 Å². The van der Waals surface area contributed by atoms with Gasteiger partial charge in [-0.1, -0.05) is 23.4 Å². The number of benzene rings is 1. The molecule has 1 aromatic carbocycles. The topological polar surface area (TPSA) is 54.9 Å². The van der Waals surface area contributed by atoms with Crippen LogP contribution in [0.2, 0.25) is 5.02 Å². The highest BCUT2D eigenvalue weighted by Crippen LogP contribution is 2.25. The van der Waals surface area contributed by atoms with Crippen LogP contribution >= 0.6 is 23.4 Å². The molecule has 0 spiro atoms. The average Bonchev–Trinajstić information content (AvgIpc) is 2.97. The van der Waals surface area contributed by atoms with Crippen molar-refractivity contribution in [3.8, 4) is 0 Å². The first-order chi connectivity index (χ1) is 10.6. The van der Waals surface area contributed by atoms with E-state index in [-0.39, 0.29) is 5.91 Å². The van der Waals surface area contributed by atoms with Gasteiger partial charge in [0, 0.05) is 22.1 Å². The van der Waals surface area contributed by atoms with Gasteiger partial charge in [0.1, 0.15) is 0 Å². The van der Waals surface area contributed by atoms with E-state index in [0.717, 1.165) is 36.3 Å². The van der Waals surface area contributed by atoms with Crippen molar-refractivity contribution in [1.82, 2.24) is 9.97 Å². The third kappa shape index (κ3) is 3.59. The molecule has 2 aromatic rings. The summed E-state index contributed by atoms with van der Waals surface area (Å²) in [4.78, 5) is 21.0. The van der Waals surface area contributed by atoms with Gasteiger partial charge in [0.2, 0.25) is 5.91 Å². The number of nitrogens with zero attached hydrogens (tertiary/aromatic N) is 2. The highest BCUT2D eigenvalue weighted by molar-refractivity contribution is 7.99. The molecule has 4 nitrogen and oxygen atoms in total. The molecule has 1 aromatic heterocycles. The monoisotopic (exact) mass is 333 g/mol. The van der Waals surface area contributed by atoms with E-state index < -0.39 is 0 Å². The number of nitrogens with one attached hydrogen (secondary N) is 1. The van der Waals surface area contributed by atoms with E-state index in [1.807, 2.05) is 6.92 Å².